The molecule has 2 aromatic rings. The van der Waals surface area contributed by atoms with Crippen LogP contribution in [-0.4, -0.2) is 47.0 Å². The quantitative estimate of drug-likeness (QED) is 0.748. The molecular weight excluding hydrogens is 417 g/mol. The number of ketones is 1. The zero-order chi connectivity index (χ0) is 22.4. The number of amides is 2. The molecule has 7 nitrogen and oxygen atoms in total. The Labute approximate surface area is 174 Å². The second-order valence-corrected chi connectivity index (χ2v) is 7.41. The van der Waals surface area contributed by atoms with E-state index in [1.54, 1.807) is 36.4 Å². The van der Waals surface area contributed by atoms with Crippen LogP contribution in [0.1, 0.15) is 6.92 Å². The fraction of sp³-hybridized carbons (Fsp3) is 0.286. The minimum absolute atomic E-state index is 0.256. The van der Waals surface area contributed by atoms with Crippen molar-refractivity contribution < 1.29 is 37.0 Å². The van der Waals surface area contributed by atoms with Gasteiger partial charge in [-0.2, -0.15) is 13.2 Å². The van der Waals surface area contributed by atoms with Crippen molar-refractivity contribution in [2.24, 2.45) is 5.92 Å². The smallest absolute Gasteiger partial charge is 0.433 e. The molecule has 3 unspecified atom stereocenters. The average molecular weight is 434 g/mol. The van der Waals surface area contributed by atoms with Gasteiger partial charge in [-0.15, -0.1) is 0 Å². The summed E-state index contributed by atoms with van der Waals surface area (Å²) in [5.41, 5.74) is -1.58. The van der Waals surface area contributed by atoms with E-state index in [1.807, 2.05) is 6.07 Å². The van der Waals surface area contributed by atoms with Crippen LogP contribution in [0, 0.1) is 5.92 Å². The number of para-hydroxylation sites is 1. The van der Waals surface area contributed by atoms with E-state index in [9.17, 15) is 27.6 Å². The van der Waals surface area contributed by atoms with Crippen LogP contribution in [0.15, 0.2) is 54.6 Å². The number of halogens is 3. The molecule has 3 atom stereocenters. The van der Waals surface area contributed by atoms with Gasteiger partial charge >= 0.3 is 6.18 Å². The fourth-order valence-corrected chi connectivity index (χ4v) is 3.67. The van der Waals surface area contributed by atoms with Gasteiger partial charge in [-0.05, 0) is 43.3 Å². The molecule has 10 heteroatoms. The van der Waals surface area contributed by atoms with E-state index in [-0.39, 0.29) is 5.69 Å². The minimum atomic E-state index is -4.88. The molecule has 1 N–H and O–H groups in total. The third-order valence-electron chi connectivity index (χ3n) is 5.21. The van der Waals surface area contributed by atoms with Crippen LogP contribution in [0.3, 0.4) is 0 Å². The molecule has 162 valence electrons. The van der Waals surface area contributed by atoms with Crippen molar-refractivity contribution in [1.82, 2.24) is 4.90 Å². The van der Waals surface area contributed by atoms with Crippen molar-refractivity contribution in [2.75, 3.05) is 11.9 Å². The van der Waals surface area contributed by atoms with Gasteiger partial charge in [-0.25, -0.2) is 0 Å². The van der Waals surface area contributed by atoms with E-state index >= 15 is 0 Å². The third-order valence-corrected chi connectivity index (χ3v) is 5.21. The Hall–Kier alpha value is -3.40. The molecule has 2 saturated heterocycles. The number of hydrogen-bond donors (Lipinski definition) is 1. The summed E-state index contributed by atoms with van der Waals surface area (Å²) in [6.07, 6.45) is -7.44. The fourth-order valence-electron chi connectivity index (χ4n) is 3.67. The predicted molar refractivity (Wildman–Crippen MR) is 101 cm³/mol. The summed E-state index contributed by atoms with van der Waals surface area (Å²) >= 11 is 0. The molecule has 4 rings (SSSR count). The minimum Gasteiger partial charge on any atom is -0.457 e. The van der Waals surface area contributed by atoms with E-state index in [2.05, 4.69) is 10.1 Å². The molecule has 0 aliphatic carbocycles. The highest BCUT2D eigenvalue weighted by Crippen LogP contribution is 2.43. The van der Waals surface area contributed by atoms with Crippen LogP contribution in [-0.2, 0) is 19.1 Å². The number of alkyl halides is 3. The highest BCUT2D eigenvalue weighted by atomic mass is 19.4. The Morgan fingerprint density at radius 3 is 2.32 bits per heavy atom. The molecule has 0 saturated carbocycles. The van der Waals surface area contributed by atoms with Gasteiger partial charge in [0.2, 0.25) is 18.0 Å². The Bertz CT molecular complexity index is 1030. The molecular formula is C21H17F3N2O5. The number of carbonyl (C=O) groups is 3. The first-order chi connectivity index (χ1) is 14.6. The van der Waals surface area contributed by atoms with E-state index < -0.39 is 48.1 Å². The molecule has 2 aromatic carbocycles. The zero-order valence-corrected chi connectivity index (χ0v) is 16.2. The summed E-state index contributed by atoms with van der Waals surface area (Å²) < 4.78 is 49.9. The third kappa shape index (κ3) is 3.63. The van der Waals surface area contributed by atoms with Crippen LogP contribution in [0.5, 0.6) is 11.5 Å². The highest BCUT2D eigenvalue weighted by molar-refractivity contribution is 6.27. The van der Waals surface area contributed by atoms with Gasteiger partial charge in [0.05, 0.1) is 6.61 Å². The molecule has 0 bridgehead atoms. The average Bonchev–Trinajstić information content (AvgIpc) is 3.17. The molecule has 31 heavy (non-hydrogen) atoms. The molecule has 0 aromatic heterocycles. The first-order valence-corrected chi connectivity index (χ1v) is 9.31. The van der Waals surface area contributed by atoms with Crippen molar-refractivity contribution in [3.05, 3.63) is 54.6 Å². The largest absolute Gasteiger partial charge is 0.457 e. The highest BCUT2D eigenvalue weighted by Gasteiger charge is 2.68. The maximum Gasteiger partial charge on any atom is 0.433 e. The molecule has 2 aliphatic heterocycles. The summed E-state index contributed by atoms with van der Waals surface area (Å²) in [5.74, 6) is -3.94. The summed E-state index contributed by atoms with van der Waals surface area (Å²) in [7, 11) is 0. The molecule has 0 radical (unpaired) electrons. The zero-order valence-electron chi connectivity index (χ0n) is 16.2. The summed E-state index contributed by atoms with van der Waals surface area (Å²) in [6, 6.07) is 15.1. The van der Waals surface area contributed by atoms with E-state index in [0.717, 1.165) is 0 Å². The lowest BCUT2D eigenvalue weighted by Crippen LogP contribution is -2.51. The van der Waals surface area contributed by atoms with Crippen LogP contribution >= 0.6 is 0 Å². The number of benzene rings is 2. The Morgan fingerprint density at radius 1 is 1.10 bits per heavy atom. The van der Waals surface area contributed by atoms with E-state index in [0.29, 0.717) is 16.4 Å². The van der Waals surface area contributed by atoms with Crippen molar-refractivity contribution in [3.63, 3.8) is 0 Å². The first kappa shape index (κ1) is 20.9. The number of Topliss-reactive ketones (excluding diaryl/α,β-unsaturated/α-hetero) is 1. The number of nitrogens with one attached hydrogen (secondary N) is 1. The SMILES string of the molecule is CC12COC(C(F)(F)F)N1C(=O)C(C(=O)Nc1ccc(Oc3ccccc3)cc1)C2=O. The number of hydrogen-bond acceptors (Lipinski definition) is 5. The van der Waals surface area contributed by atoms with Gasteiger partial charge in [0.15, 0.2) is 11.7 Å². The van der Waals surface area contributed by atoms with Crippen molar-refractivity contribution in [3.8, 4) is 11.5 Å². The maximum atomic E-state index is 13.2. The topological polar surface area (TPSA) is 84.9 Å². The molecule has 2 amide bonds. The van der Waals surface area contributed by atoms with Crippen LogP contribution in [0.25, 0.3) is 0 Å². The normalized spacial score (nSPS) is 25.5. The van der Waals surface area contributed by atoms with Crippen molar-refractivity contribution in [1.29, 1.82) is 0 Å². The lowest BCUT2D eigenvalue weighted by Gasteiger charge is -2.28. The lowest BCUT2D eigenvalue weighted by atomic mass is 9.93. The first-order valence-electron chi connectivity index (χ1n) is 9.31. The molecule has 2 aliphatic rings. The lowest BCUT2D eigenvalue weighted by molar-refractivity contribution is -0.239. The Balaban J connectivity index is 1.48. The maximum absolute atomic E-state index is 13.2. The van der Waals surface area contributed by atoms with Gasteiger partial charge in [0.25, 0.3) is 0 Å². The summed E-state index contributed by atoms with van der Waals surface area (Å²) in [5, 5.41) is 2.41. The number of anilines is 1. The van der Waals surface area contributed by atoms with Gasteiger partial charge in [-0.1, -0.05) is 18.2 Å². The van der Waals surface area contributed by atoms with Crippen LogP contribution in [0.4, 0.5) is 18.9 Å². The van der Waals surface area contributed by atoms with Gasteiger partial charge < -0.3 is 14.8 Å². The van der Waals surface area contributed by atoms with Gasteiger partial charge in [0.1, 0.15) is 17.0 Å². The van der Waals surface area contributed by atoms with Crippen LogP contribution in [0.2, 0.25) is 0 Å². The monoisotopic (exact) mass is 434 g/mol. The van der Waals surface area contributed by atoms with Crippen LogP contribution < -0.4 is 10.1 Å². The molecule has 2 heterocycles. The number of nitrogens with zero attached hydrogens (tertiary/aromatic N) is 1. The van der Waals surface area contributed by atoms with E-state index in [4.69, 9.17) is 4.74 Å². The van der Waals surface area contributed by atoms with E-state index in [1.165, 1.54) is 19.1 Å². The number of fused-ring (bicyclic) bond motifs is 1. The van der Waals surface area contributed by atoms with Crippen molar-refractivity contribution in [2.45, 2.75) is 24.9 Å². The summed E-state index contributed by atoms with van der Waals surface area (Å²) in [6.45, 7) is 0.541. The second-order valence-electron chi connectivity index (χ2n) is 7.41. The number of ether oxygens (including phenoxy) is 2. The molecule has 0 spiro atoms. The standard InChI is InChI=1S/C21H17F3N2O5/c1-20-11-30-19(21(22,23)24)26(20)18(29)15(16(20)27)17(28)25-12-7-9-14(10-8-12)31-13-5-3-2-4-6-13/h2-10,15,19H,11H2,1H3,(H,25,28). The molecule has 2 fully saturated rings. The van der Waals surface area contributed by atoms with Crippen molar-refractivity contribution >= 4 is 23.3 Å². The summed E-state index contributed by atoms with van der Waals surface area (Å²) in [4.78, 5) is 38.2. The Kier molecular flexibility index (Phi) is 4.97. The predicted octanol–water partition coefficient (Wildman–Crippen LogP) is 3.12. The van der Waals surface area contributed by atoms with Gasteiger partial charge in [-0.3, -0.25) is 19.3 Å². The Morgan fingerprint density at radius 2 is 1.71 bits per heavy atom. The number of rotatable bonds is 4. The second kappa shape index (κ2) is 7.38. The number of carbonyl (C=O) groups excluding carboxylic acids is 3. The van der Waals surface area contributed by atoms with Gasteiger partial charge in [0, 0.05) is 5.69 Å².